The fourth-order valence-electron chi connectivity index (χ4n) is 1.95. The van der Waals surface area contributed by atoms with E-state index in [1.54, 1.807) is 0 Å². The molecule has 2 rings (SSSR count). The van der Waals surface area contributed by atoms with Crippen molar-refractivity contribution < 1.29 is 9.90 Å². The van der Waals surface area contributed by atoms with Crippen LogP contribution in [-0.4, -0.2) is 21.3 Å². The van der Waals surface area contributed by atoms with E-state index in [9.17, 15) is 4.79 Å². The van der Waals surface area contributed by atoms with Gasteiger partial charge in [-0.15, -0.1) is 0 Å². The molecule has 1 aromatic heterocycles. The lowest BCUT2D eigenvalue weighted by molar-refractivity contribution is -0.136. The monoisotopic (exact) mass is 336 g/mol. The van der Waals surface area contributed by atoms with E-state index in [0.29, 0.717) is 10.2 Å². The Morgan fingerprint density at radius 3 is 2.40 bits per heavy atom. The van der Waals surface area contributed by atoms with Gasteiger partial charge in [0.2, 0.25) is 0 Å². The molecule has 2 N–H and O–H groups in total. The Morgan fingerprint density at radius 1 is 1.30 bits per heavy atom. The zero-order valence-corrected chi connectivity index (χ0v) is 13.3. The lowest BCUT2D eigenvalue weighted by Crippen LogP contribution is -2.10. The second-order valence-electron chi connectivity index (χ2n) is 5.76. The maximum absolute atomic E-state index is 10.8. The van der Waals surface area contributed by atoms with Crippen molar-refractivity contribution >= 4 is 21.9 Å². The van der Waals surface area contributed by atoms with E-state index in [4.69, 9.17) is 5.11 Å². The third-order valence-electron chi connectivity index (χ3n) is 3.13. The Kier molecular flexibility index (Phi) is 3.99. The summed E-state index contributed by atoms with van der Waals surface area (Å²) >= 11 is 3.42. The molecular formula is C15H17BrN2O2. The van der Waals surface area contributed by atoms with Gasteiger partial charge in [0.25, 0.3) is 0 Å². The van der Waals surface area contributed by atoms with E-state index in [2.05, 4.69) is 59.0 Å². The SMILES string of the molecule is CC(C)(C)c1ccc(-c2n[nH]c(CC(=O)O)c2Br)cc1. The van der Waals surface area contributed by atoms with Crippen molar-refractivity contribution in [3.8, 4) is 11.3 Å². The van der Waals surface area contributed by atoms with E-state index in [-0.39, 0.29) is 11.8 Å². The summed E-state index contributed by atoms with van der Waals surface area (Å²) in [6.45, 7) is 6.49. The number of aliphatic carboxylic acids is 1. The number of aromatic amines is 1. The zero-order valence-electron chi connectivity index (χ0n) is 11.7. The van der Waals surface area contributed by atoms with Gasteiger partial charge in [-0.2, -0.15) is 5.10 Å². The van der Waals surface area contributed by atoms with Gasteiger partial charge in [0.1, 0.15) is 5.69 Å². The number of nitrogens with one attached hydrogen (secondary N) is 1. The van der Waals surface area contributed by atoms with Crippen LogP contribution in [-0.2, 0) is 16.6 Å². The summed E-state index contributed by atoms with van der Waals surface area (Å²) in [5, 5.41) is 15.8. The predicted molar refractivity (Wildman–Crippen MR) is 81.8 cm³/mol. The normalized spacial score (nSPS) is 11.6. The molecule has 1 aromatic carbocycles. The van der Waals surface area contributed by atoms with Crippen molar-refractivity contribution in [3.05, 3.63) is 40.0 Å². The van der Waals surface area contributed by atoms with Crippen LogP contribution in [0.25, 0.3) is 11.3 Å². The number of halogens is 1. The number of nitrogens with zero attached hydrogens (tertiary/aromatic N) is 1. The number of rotatable bonds is 3. The van der Waals surface area contributed by atoms with Crippen LogP contribution in [0, 0.1) is 0 Å². The molecule has 20 heavy (non-hydrogen) atoms. The Balaban J connectivity index is 2.33. The predicted octanol–water partition coefficient (Wildman–Crippen LogP) is 3.76. The second-order valence-corrected chi connectivity index (χ2v) is 6.56. The maximum Gasteiger partial charge on any atom is 0.309 e. The van der Waals surface area contributed by atoms with Crippen LogP contribution in [0.3, 0.4) is 0 Å². The van der Waals surface area contributed by atoms with Gasteiger partial charge in [-0.3, -0.25) is 9.89 Å². The highest BCUT2D eigenvalue weighted by Gasteiger charge is 2.17. The van der Waals surface area contributed by atoms with Gasteiger partial charge in [-0.1, -0.05) is 45.0 Å². The molecule has 0 aliphatic heterocycles. The quantitative estimate of drug-likeness (QED) is 0.896. The first-order valence-corrected chi connectivity index (χ1v) is 7.14. The number of benzene rings is 1. The van der Waals surface area contributed by atoms with Gasteiger partial charge in [0.15, 0.2) is 0 Å². The first-order chi connectivity index (χ1) is 9.29. The molecule has 0 atom stereocenters. The number of carboxylic acid groups (broad SMARTS) is 1. The number of carbonyl (C=O) groups is 1. The van der Waals surface area contributed by atoms with Gasteiger partial charge in [-0.25, -0.2) is 0 Å². The van der Waals surface area contributed by atoms with E-state index in [1.165, 1.54) is 5.56 Å². The second kappa shape index (κ2) is 5.40. The van der Waals surface area contributed by atoms with Crippen LogP contribution < -0.4 is 0 Å². The van der Waals surface area contributed by atoms with Crippen LogP contribution in [0.1, 0.15) is 32.0 Å². The maximum atomic E-state index is 10.8. The fourth-order valence-corrected chi connectivity index (χ4v) is 2.50. The topological polar surface area (TPSA) is 66.0 Å². The zero-order chi connectivity index (χ0) is 14.9. The number of hydrogen-bond acceptors (Lipinski definition) is 2. The summed E-state index contributed by atoms with van der Waals surface area (Å²) < 4.78 is 0.711. The number of H-pyrrole nitrogens is 1. The van der Waals surface area contributed by atoms with Crippen LogP contribution in [0.5, 0.6) is 0 Å². The fraction of sp³-hybridized carbons (Fsp3) is 0.333. The summed E-state index contributed by atoms with van der Waals surface area (Å²) in [6, 6.07) is 8.17. The summed E-state index contributed by atoms with van der Waals surface area (Å²) in [4.78, 5) is 10.8. The van der Waals surface area contributed by atoms with Crippen molar-refractivity contribution in [1.29, 1.82) is 0 Å². The molecule has 2 aromatic rings. The average Bonchev–Trinajstić information content (AvgIpc) is 2.69. The molecule has 0 saturated heterocycles. The summed E-state index contributed by atoms with van der Waals surface area (Å²) in [7, 11) is 0. The molecule has 0 spiro atoms. The van der Waals surface area contributed by atoms with Crippen LogP contribution >= 0.6 is 15.9 Å². The minimum absolute atomic E-state index is 0.0757. The van der Waals surface area contributed by atoms with Crippen molar-refractivity contribution in [2.75, 3.05) is 0 Å². The molecule has 0 fully saturated rings. The molecular weight excluding hydrogens is 320 g/mol. The third kappa shape index (κ3) is 3.10. The minimum atomic E-state index is -0.885. The van der Waals surface area contributed by atoms with Gasteiger partial charge in [-0.05, 0) is 26.9 Å². The number of hydrogen-bond donors (Lipinski definition) is 2. The lowest BCUT2D eigenvalue weighted by atomic mass is 9.86. The standard InChI is InChI=1S/C15H17BrN2O2/c1-15(2,3)10-6-4-9(5-7-10)14-13(16)11(17-18-14)8-12(19)20/h4-7H,8H2,1-3H3,(H,17,18)(H,19,20). The Morgan fingerprint density at radius 2 is 1.90 bits per heavy atom. The molecule has 0 saturated carbocycles. The average molecular weight is 337 g/mol. The first-order valence-electron chi connectivity index (χ1n) is 6.34. The van der Waals surface area contributed by atoms with E-state index in [0.717, 1.165) is 11.3 Å². The Labute approximate surface area is 126 Å². The van der Waals surface area contributed by atoms with E-state index < -0.39 is 5.97 Å². The van der Waals surface area contributed by atoms with Gasteiger partial charge < -0.3 is 5.11 Å². The minimum Gasteiger partial charge on any atom is -0.481 e. The van der Waals surface area contributed by atoms with Crippen molar-refractivity contribution in [3.63, 3.8) is 0 Å². The highest BCUT2D eigenvalue weighted by Crippen LogP contribution is 2.31. The van der Waals surface area contributed by atoms with Gasteiger partial charge in [0.05, 0.1) is 16.6 Å². The summed E-state index contributed by atoms with van der Waals surface area (Å²) in [6.07, 6.45) is -0.0757. The molecule has 106 valence electrons. The summed E-state index contributed by atoms with van der Waals surface area (Å²) in [5.41, 5.74) is 3.63. The number of aromatic nitrogens is 2. The van der Waals surface area contributed by atoms with E-state index >= 15 is 0 Å². The molecule has 1 heterocycles. The molecule has 0 bridgehead atoms. The van der Waals surface area contributed by atoms with Crippen LogP contribution in [0.4, 0.5) is 0 Å². The molecule has 0 aliphatic carbocycles. The van der Waals surface area contributed by atoms with Gasteiger partial charge in [0, 0.05) is 5.56 Å². The van der Waals surface area contributed by atoms with Crippen molar-refractivity contribution in [2.24, 2.45) is 0 Å². The third-order valence-corrected chi connectivity index (χ3v) is 3.98. The molecule has 0 aliphatic rings. The van der Waals surface area contributed by atoms with E-state index in [1.807, 2.05) is 12.1 Å². The van der Waals surface area contributed by atoms with Gasteiger partial charge >= 0.3 is 5.97 Å². The molecule has 4 nitrogen and oxygen atoms in total. The van der Waals surface area contributed by atoms with Crippen LogP contribution in [0.2, 0.25) is 0 Å². The molecule has 0 radical (unpaired) electrons. The number of carboxylic acids is 1. The Hall–Kier alpha value is -1.62. The highest BCUT2D eigenvalue weighted by atomic mass is 79.9. The highest BCUT2D eigenvalue weighted by molar-refractivity contribution is 9.10. The molecule has 0 unspecified atom stereocenters. The molecule has 0 amide bonds. The van der Waals surface area contributed by atoms with Crippen molar-refractivity contribution in [1.82, 2.24) is 10.2 Å². The largest absolute Gasteiger partial charge is 0.481 e. The first kappa shape index (κ1) is 14.8. The molecule has 5 heteroatoms. The van der Waals surface area contributed by atoms with Crippen LogP contribution in [0.15, 0.2) is 28.7 Å². The smallest absolute Gasteiger partial charge is 0.309 e. The lowest BCUT2D eigenvalue weighted by Gasteiger charge is -2.18. The van der Waals surface area contributed by atoms with Crippen molar-refractivity contribution in [2.45, 2.75) is 32.6 Å². The Bertz CT molecular complexity index is 624. The summed E-state index contributed by atoms with van der Waals surface area (Å²) in [5.74, 6) is -0.885.